The fourth-order valence-corrected chi connectivity index (χ4v) is 2.45. The SMILES string of the molecule is NC(=O)c1c(N)ncn1CCCCCN1CCOCC1. The Kier molecular flexibility index (Phi) is 5.37. The van der Waals surface area contributed by atoms with Gasteiger partial charge in [-0.2, -0.15) is 0 Å². The zero-order valence-corrected chi connectivity index (χ0v) is 11.8. The van der Waals surface area contributed by atoms with Crippen molar-refractivity contribution in [2.45, 2.75) is 25.8 Å². The highest BCUT2D eigenvalue weighted by Gasteiger charge is 2.13. The number of hydrogen-bond donors (Lipinski definition) is 2. The molecule has 7 nitrogen and oxygen atoms in total. The molecule has 2 heterocycles. The van der Waals surface area contributed by atoms with Crippen LogP contribution >= 0.6 is 0 Å². The van der Waals surface area contributed by atoms with Crippen LogP contribution in [0.5, 0.6) is 0 Å². The van der Waals surface area contributed by atoms with Gasteiger partial charge in [0.1, 0.15) is 0 Å². The topological polar surface area (TPSA) is 99.4 Å². The molecule has 0 spiro atoms. The molecule has 1 fully saturated rings. The van der Waals surface area contributed by atoms with E-state index in [0.29, 0.717) is 5.69 Å². The Morgan fingerprint density at radius 1 is 1.25 bits per heavy atom. The minimum absolute atomic E-state index is 0.214. The van der Waals surface area contributed by atoms with Gasteiger partial charge in [0.2, 0.25) is 0 Å². The number of primary amides is 1. The maximum absolute atomic E-state index is 11.3. The van der Waals surface area contributed by atoms with Gasteiger partial charge in [-0.25, -0.2) is 4.98 Å². The van der Waals surface area contributed by atoms with Gasteiger partial charge in [0, 0.05) is 19.6 Å². The Hall–Kier alpha value is -1.60. The number of rotatable bonds is 7. The van der Waals surface area contributed by atoms with E-state index in [2.05, 4.69) is 9.88 Å². The molecule has 0 aromatic carbocycles. The molecule has 1 aliphatic heterocycles. The summed E-state index contributed by atoms with van der Waals surface area (Å²) in [5.74, 6) is -0.306. The lowest BCUT2D eigenvalue weighted by atomic mass is 10.2. The number of nitrogens with zero attached hydrogens (tertiary/aromatic N) is 3. The van der Waals surface area contributed by atoms with Gasteiger partial charge < -0.3 is 20.8 Å². The third kappa shape index (κ3) is 3.94. The predicted molar refractivity (Wildman–Crippen MR) is 76.3 cm³/mol. The van der Waals surface area contributed by atoms with Gasteiger partial charge >= 0.3 is 0 Å². The fourth-order valence-electron chi connectivity index (χ4n) is 2.45. The zero-order chi connectivity index (χ0) is 14.4. The molecule has 112 valence electrons. The van der Waals surface area contributed by atoms with Crippen LogP contribution < -0.4 is 11.5 Å². The molecule has 0 aliphatic carbocycles. The Bertz CT molecular complexity index is 440. The molecule has 0 saturated carbocycles. The molecule has 4 N–H and O–H groups in total. The highest BCUT2D eigenvalue weighted by Crippen LogP contribution is 2.11. The number of unbranched alkanes of at least 4 members (excludes halogenated alkanes) is 2. The van der Waals surface area contributed by atoms with Crippen molar-refractivity contribution in [3.05, 3.63) is 12.0 Å². The van der Waals surface area contributed by atoms with E-state index < -0.39 is 5.91 Å². The average molecular weight is 281 g/mol. The van der Waals surface area contributed by atoms with Crippen molar-refractivity contribution >= 4 is 11.7 Å². The summed E-state index contributed by atoms with van der Waals surface area (Å²) in [5.41, 5.74) is 11.2. The second kappa shape index (κ2) is 7.25. The molecule has 7 heteroatoms. The summed E-state index contributed by atoms with van der Waals surface area (Å²) in [7, 11) is 0. The van der Waals surface area contributed by atoms with E-state index in [1.807, 2.05) is 0 Å². The lowest BCUT2D eigenvalue weighted by Crippen LogP contribution is -2.36. The number of hydrogen-bond acceptors (Lipinski definition) is 5. The molecule has 2 rings (SSSR count). The first kappa shape index (κ1) is 14.8. The number of aromatic nitrogens is 2. The van der Waals surface area contributed by atoms with Crippen LogP contribution in [0.2, 0.25) is 0 Å². The number of imidazole rings is 1. The van der Waals surface area contributed by atoms with Crippen molar-refractivity contribution in [1.82, 2.24) is 14.5 Å². The van der Waals surface area contributed by atoms with E-state index in [0.717, 1.165) is 58.7 Å². The summed E-state index contributed by atoms with van der Waals surface area (Å²) in [6, 6.07) is 0. The first-order valence-corrected chi connectivity index (χ1v) is 7.09. The van der Waals surface area contributed by atoms with Crippen LogP contribution in [0.15, 0.2) is 6.33 Å². The van der Waals surface area contributed by atoms with Crippen LogP contribution in [0.1, 0.15) is 29.8 Å². The number of aryl methyl sites for hydroxylation is 1. The number of anilines is 1. The third-order valence-electron chi connectivity index (χ3n) is 3.58. The van der Waals surface area contributed by atoms with E-state index in [1.165, 1.54) is 0 Å². The molecule has 20 heavy (non-hydrogen) atoms. The van der Waals surface area contributed by atoms with Crippen molar-refractivity contribution in [2.24, 2.45) is 5.73 Å². The minimum atomic E-state index is -0.520. The Morgan fingerprint density at radius 2 is 1.95 bits per heavy atom. The quantitative estimate of drug-likeness (QED) is 0.689. The van der Waals surface area contributed by atoms with Gasteiger partial charge in [-0.1, -0.05) is 6.42 Å². The molecule has 1 saturated heterocycles. The monoisotopic (exact) mass is 281 g/mol. The molecule has 0 bridgehead atoms. The normalized spacial score (nSPS) is 16.4. The average Bonchev–Trinajstić information content (AvgIpc) is 2.81. The van der Waals surface area contributed by atoms with Gasteiger partial charge in [-0.3, -0.25) is 9.69 Å². The lowest BCUT2D eigenvalue weighted by molar-refractivity contribution is 0.0371. The van der Waals surface area contributed by atoms with E-state index in [4.69, 9.17) is 16.2 Å². The number of carbonyl (C=O) groups excluding carboxylic acids is 1. The lowest BCUT2D eigenvalue weighted by Gasteiger charge is -2.26. The standard InChI is InChI=1S/C13H23N5O2/c14-12-11(13(15)19)18(10-16-12)5-3-1-2-4-17-6-8-20-9-7-17/h10H,1-9,14H2,(H2,15,19). The highest BCUT2D eigenvalue weighted by molar-refractivity contribution is 5.95. The molecule has 1 aliphatic rings. The molecule has 0 unspecified atom stereocenters. The number of nitrogens with two attached hydrogens (primary N) is 2. The zero-order valence-electron chi connectivity index (χ0n) is 11.8. The maximum Gasteiger partial charge on any atom is 0.269 e. The summed E-state index contributed by atoms with van der Waals surface area (Å²) < 4.78 is 7.06. The summed E-state index contributed by atoms with van der Waals surface area (Å²) in [6.07, 6.45) is 4.82. The fraction of sp³-hybridized carbons (Fsp3) is 0.692. The van der Waals surface area contributed by atoms with Crippen molar-refractivity contribution in [3.63, 3.8) is 0 Å². The number of morpholine rings is 1. The number of amides is 1. The predicted octanol–water partition coefficient (Wildman–Crippen LogP) is 0.0667. The molecule has 1 amide bonds. The number of carbonyl (C=O) groups is 1. The molecular weight excluding hydrogens is 258 g/mol. The van der Waals surface area contributed by atoms with Crippen LogP contribution in [-0.2, 0) is 11.3 Å². The Balaban J connectivity index is 1.67. The van der Waals surface area contributed by atoms with E-state index in [9.17, 15) is 4.79 Å². The van der Waals surface area contributed by atoms with Gasteiger partial charge in [-0.15, -0.1) is 0 Å². The van der Waals surface area contributed by atoms with Crippen molar-refractivity contribution < 1.29 is 9.53 Å². The van der Waals surface area contributed by atoms with E-state index in [-0.39, 0.29) is 5.82 Å². The third-order valence-corrected chi connectivity index (χ3v) is 3.58. The van der Waals surface area contributed by atoms with Crippen molar-refractivity contribution in [3.8, 4) is 0 Å². The van der Waals surface area contributed by atoms with Gasteiger partial charge in [0.25, 0.3) is 5.91 Å². The summed E-state index contributed by atoms with van der Waals surface area (Å²) >= 11 is 0. The second-order valence-electron chi connectivity index (χ2n) is 5.05. The Morgan fingerprint density at radius 3 is 2.65 bits per heavy atom. The minimum Gasteiger partial charge on any atom is -0.382 e. The molecule has 1 aromatic rings. The van der Waals surface area contributed by atoms with Crippen molar-refractivity contribution in [1.29, 1.82) is 0 Å². The first-order valence-electron chi connectivity index (χ1n) is 7.09. The van der Waals surface area contributed by atoms with Gasteiger partial charge in [0.05, 0.1) is 19.5 Å². The van der Waals surface area contributed by atoms with Crippen LogP contribution in [-0.4, -0.2) is 53.2 Å². The summed E-state index contributed by atoms with van der Waals surface area (Å²) in [5, 5.41) is 0. The number of nitrogen functional groups attached to an aromatic ring is 1. The van der Waals surface area contributed by atoms with Crippen LogP contribution in [0.4, 0.5) is 5.82 Å². The van der Waals surface area contributed by atoms with E-state index in [1.54, 1.807) is 10.9 Å². The maximum atomic E-state index is 11.3. The molecule has 0 radical (unpaired) electrons. The largest absolute Gasteiger partial charge is 0.382 e. The second-order valence-corrected chi connectivity index (χ2v) is 5.05. The van der Waals surface area contributed by atoms with Gasteiger partial charge in [-0.05, 0) is 19.4 Å². The smallest absolute Gasteiger partial charge is 0.269 e. The molecule has 0 atom stereocenters. The highest BCUT2D eigenvalue weighted by atomic mass is 16.5. The summed E-state index contributed by atoms with van der Waals surface area (Å²) in [4.78, 5) is 17.6. The molecular formula is C13H23N5O2. The van der Waals surface area contributed by atoms with E-state index >= 15 is 0 Å². The number of ether oxygens (including phenoxy) is 1. The first-order chi connectivity index (χ1) is 9.68. The van der Waals surface area contributed by atoms with Gasteiger partial charge in [0.15, 0.2) is 11.5 Å². The van der Waals surface area contributed by atoms with Crippen LogP contribution in [0.3, 0.4) is 0 Å². The Labute approximate surface area is 118 Å². The van der Waals surface area contributed by atoms with Crippen LogP contribution in [0.25, 0.3) is 0 Å². The van der Waals surface area contributed by atoms with Crippen molar-refractivity contribution in [2.75, 3.05) is 38.6 Å². The summed E-state index contributed by atoms with van der Waals surface area (Å²) in [6.45, 7) is 5.59. The van der Waals surface area contributed by atoms with Crippen LogP contribution in [0, 0.1) is 0 Å². The molecule has 1 aromatic heterocycles.